The Morgan fingerprint density at radius 1 is 0.308 bits per heavy atom. The Bertz CT molecular complexity index is 2880. The number of hydrogen-bond acceptors (Lipinski definition) is 1. The standard InChI is InChI=1S/C50H34N2/c1-2-11-35(12-3-1)41-16-10-17-44(33-41)51(45-31-25-36-13-4-5-15-40(36)34-45)42-27-21-37(22-28-42)38-23-29-43(30-24-38)52-49-20-9-8-19-47(49)48-32-26-39-14-6-7-18-46(39)50(48)52/h1-34H. The first kappa shape index (κ1) is 30.0. The van der Waals surface area contributed by atoms with Crippen molar-refractivity contribution in [3.05, 3.63) is 206 Å². The fraction of sp³-hybridized carbons (Fsp3) is 0. The van der Waals surface area contributed by atoms with Crippen LogP contribution in [0.15, 0.2) is 206 Å². The fourth-order valence-corrected chi connectivity index (χ4v) is 7.82. The van der Waals surface area contributed by atoms with Crippen molar-refractivity contribution in [2.75, 3.05) is 4.90 Å². The molecule has 0 saturated heterocycles. The highest BCUT2D eigenvalue weighted by Crippen LogP contribution is 2.40. The van der Waals surface area contributed by atoms with E-state index in [4.69, 9.17) is 0 Å². The molecule has 0 amide bonds. The van der Waals surface area contributed by atoms with Gasteiger partial charge in [0.15, 0.2) is 0 Å². The van der Waals surface area contributed by atoms with Crippen molar-refractivity contribution >= 4 is 60.4 Å². The molecular formula is C50H34N2. The van der Waals surface area contributed by atoms with Crippen molar-refractivity contribution in [1.29, 1.82) is 0 Å². The van der Waals surface area contributed by atoms with Crippen molar-refractivity contribution in [1.82, 2.24) is 4.57 Å². The Morgan fingerprint density at radius 3 is 1.69 bits per heavy atom. The summed E-state index contributed by atoms with van der Waals surface area (Å²) in [5.41, 5.74) is 11.7. The second-order valence-electron chi connectivity index (χ2n) is 13.4. The van der Waals surface area contributed by atoms with Crippen LogP contribution in [0.2, 0.25) is 0 Å². The quantitative estimate of drug-likeness (QED) is 0.172. The summed E-state index contributed by atoms with van der Waals surface area (Å²) in [6, 6.07) is 74.6. The average Bonchev–Trinajstić information content (AvgIpc) is 3.57. The number of fused-ring (bicyclic) bond motifs is 6. The third-order valence-corrected chi connectivity index (χ3v) is 10.3. The molecular weight excluding hydrogens is 629 g/mol. The molecule has 0 aliphatic heterocycles. The van der Waals surface area contributed by atoms with Gasteiger partial charge in [0, 0.05) is 38.9 Å². The molecule has 9 aromatic carbocycles. The number of rotatable bonds is 6. The minimum Gasteiger partial charge on any atom is -0.310 e. The molecule has 0 saturated carbocycles. The zero-order chi connectivity index (χ0) is 34.4. The van der Waals surface area contributed by atoms with Crippen LogP contribution in [0, 0.1) is 0 Å². The molecule has 52 heavy (non-hydrogen) atoms. The number of hydrogen-bond donors (Lipinski definition) is 0. The molecule has 10 rings (SSSR count). The summed E-state index contributed by atoms with van der Waals surface area (Å²) in [5, 5.41) is 7.52. The van der Waals surface area contributed by atoms with Gasteiger partial charge in [0.05, 0.1) is 11.0 Å². The number of anilines is 3. The average molecular weight is 663 g/mol. The van der Waals surface area contributed by atoms with E-state index >= 15 is 0 Å². The van der Waals surface area contributed by atoms with Gasteiger partial charge in [0.2, 0.25) is 0 Å². The second-order valence-corrected chi connectivity index (χ2v) is 13.4. The smallest absolute Gasteiger partial charge is 0.0619 e. The van der Waals surface area contributed by atoms with Crippen LogP contribution in [0.1, 0.15) is 0 Å². The molecule has 10 aromatic rings. The third-order valence-electron chi connectivity index (χ3n) is 10.3. The van der Waals surface area contributed by atoms with E-state index in [1.54, 1.807) is 0 Å². The van der Waals surface area contributed by atoms with Gasteiger partial charge in [-0.2, -0.15) is 0 Å². The Labute approximate surface area is 303 Å². The molecule has 244 valence electrons. The summed E-state index contributed by atoms with van der Waals surface area (Å²) in [5.74, 6) is 0. The summed E-state index contributed by atoms with van der Waals surface area (Å²) in [4.78, 5) is 2.36. The van der Waals surface area contributed by atoms with Crippen molar-refractivity contribution in [2.24, 2.45) is 0 Å². The maximum absolute atomic E-state index is 2.42. The van der Waals surface area contributed by atoms with Crippen LogP contribution in [-0.2, 0) is 0 Å². The van der Waals surface area contributed by atoms with Gasteiger partial charge in [0.1, 0.15) is 0 Å². The minimum atomic E-state index is 1.11. The monoisotopic (exact) mass is 662 g/mol. The zero-order valence-electron chi connectivity index (χ0n) is 28.5. The van der Waals surface area contributed by atoms with E-state index in [0.29, 0.717) is 0 Å². The molecule has 0 spiro atoms. The first-order chi connectivity index (χ1) is 25.8. The van der Waals surface area contributed by atoms with Crippen molar-refractivity contribution in [3.63, 3.8) is 0 Å². The lowest BCUT2D eigenvalue weighted by Gasteiger charge is -2.26. The molecule has 2 nitrogen and oxygen atoms in total. The van der Waals surface area contributed by atoms with Gasteiger partial charge in [-0.3, -0.25) is 0 Å². The van der Waals surface area contributed by atoms with E-state index in [0.717, 1.165) is 22.7 Å². The van der Waals surface area contributed by atoms with Crippen LogP contribution in [0.25, 0.3) is 71.3 Å². The first-order valence-electron chi connectivity index (χ1n) is 17.8. The molecule has 0 fully saturated rings. The molecule has 0 unspecified atom stereocenters. The van der Waals surface area contributed by atoms with Crippen LogP contribution in [-0.4, -0.2) is 4.57 Å². The van der Waals surface area contributed by atoms with Crippen molar-refractivity contribution < 1.29 is 0 Å². The van der Waals surface area contributed by atoms with E-state index in [1.807, 2.05) is 0 Å². The molecule has 0 atom stereocenters. The summed E-state index contributed by atoms with van der Waals surface area (Å²) in [6.07, 6.45) is 0. The predicted octanol–water partition coefficient (Wildman–Crippen LogP) is 13.9. The Hall–Kier alpha value is -6.90. The largest absolute Gasteiger partial charge is 0.310 e. The first-order valence-corrected chi connectivity index (χ1v) is 17.8. The molecule has 0 N–H and O–H groups in total. The normalized spacial score (nSPS) is 11.5. The highest BCUT2D eigenvalue weighted by Gasteiger charge is 2.17. The van der Waals surface area contributed by atoms with Gasteiger partial charge in [0.25, 0.3) is 0 Å². The maximum atomic E-state index is 2.42. The molecule has 0 aliphatic rings. The molecule has 1 aromatic heterocycles. The van der Waals surface area contributed by atoms with Crippen LogP contribution in [0.3, 0.4) is 0 Å². The van der Waals surface area contributed by atoms with E-state index < -0.39 is 0 Å². The van der Waals surface area contributed by atoms with Gasteiger partial charge in [-0.05, 0) is 93.0 Å². The molecule has 0 radical (unpaired) electrons. The predicted molar refractivity (Wildman–Crippen MR) is 221 cm³/mol. The highest BCUT2D eigenvalue weighted by atomic mass is 15.1. The summed E-state index contributed by atoms with van der Waals surface area (Å²) in [7, 11) is 0. The number of para-hydroxylation sites is 1. The lowest BCUT2D eigenvalue weighted by atomic mass is 10.0. The van der Waals surface area contributed by atoms with Gasteiger partial charge < -0.3 is 9.47 Å². The van der Waals surface area contributed by atoms with Crippen LogP contribution in [0.4, 0.5) is 17.1 Å². The zero-order valence-corrected chi connectivity index (χ0v) is 28.5. The van der Waals surface area contributed by atoms with E-state index in [-0.39, 0.29) is 0 Å². The Balaban J connectivity index is 1.04. The van der Waals surface area contributed by atoms with Crippen LogP contribution in [0.5, 0.6) is 0 Å². The SMILES string of the molecule is c1ccc(-c2cccc(N(c3ccc(-c4ccc(-n5c6ccccc6c6ccc7ccccc7c65)cc4)cc3)c3ccc4ccccc4c3)c2)cc1. The number of nitrogens with zero attached hydrogens (tertiary/aromatic N) is 2. The van der Waals surface area contributed by atoms with Gasteiger partial charge in [-0.15, -0.1) is 0 Å². The fourth-order valence-electron chi connectivity index (χ4n) is 7.82. The van der Waals surface area contributed by atoms with E-state index in [1.165, 1.54) is 65.6 Å². The van der Waals surface area contributed by atoms with Gasteiger partial charge in [-0.25, -0.2) is 0 Å². The Kier molecular flexibility index (Phi) is 7.18. The molecule has 0 bridgehead atoms. The van der Waals surface area contributed by atoms with Crippen LogP contribution < -0.4 is 4.90 Å². The summed E-state index contributed by atoms with van der Waals surface area (Å²) < 4.78 is 2.42. The lowest BCUT2D eigenvalue weighted by molar-refractivity contribution is 1.19. The minimum absolute atomic E-state index is 1.11. The molecule has 1 heterocycles. The number of benzene rings is 9. The summed E-state index contributed by atoms with van der Waals surface area (Å²) >= 11 is 0. The highest BCUT2D eigenvalue weighted by molar-refractivity contribution is 6.18. The third kappa shape index (κ3) is 5.12. The van der Waals surface area contributed by atoms with Gasteiger partial charge in [-0.1, -0.05) is 152 Å². The second kappa shape index (κ2) is 12.5. The maximum Gasteiger partial charge on any atom is 0.0619 e. The van der Waals surface area contributed by atoms with E-state index in [2.05, 4.69) is 216 Å². The van der Waals surface area contributed by atoms with E-state index in [9.17, 15) is 0 Å². The number of aromatic nitrogens is 1. The van der Waals surface area contributed by atoms with Crippen molar-refractivity contribution in [2.45, 2.75) is 0 Å². The van der Waals surface area contributed by atoms with Crippen molar-refractivity contribution in [3.8, 4) is 27.9 Å². The van der Waals surface area contributed by atoms with Gasteiger partial charge >= 0.3 is 0 Å². The molecule has 0 aliphatic carbocycles. The lowest BCUT2D eigenvalue weighted by Crippen LogP contribution is -2.10. The topological polar surface area (TPSA) is 8.17 Å². The molecule has 2 heteroatoms. The van der Waals surface area contributed by atoms with Crippen LogP contribution >= 0.6 is 0 Å². The Morgan fingerprint density at radius 2 is 0.885 bits per heavy atom. The summed E-state index contributed by atoms with van der Waals surface area (Å²) in [6.45, 7) is 0.